The number of benzene rings is 2. The second kappa shape index (κ2) is 7.79. The molecule has 148 valence electrons. The molecule has 1 N–H and O–H groups in total. The van der Waals surface area contributed by atoms with Crippen molar-refractivity contribution in [2.45, 2.75) is 38.1 Å². The standard InChI is InChI=1S/C23H25N5O/c29-23(18-5-8-22(9-6-18)28-16-24-15-25-28)26-20-7-4-17-10-12-27(21-2-1-3-21)13-11-19(17)14-20/h4-9,14-16,21H,1-3,10-13H2,(H,26,29). The van der Waals surface area contributed by atoms with E-state index >= 15 is 0 Å². The first-order valence-electron chi connectivity index (χ1n) is 10.4. The van der Waals surface area contributed by atoms with E-state index in [4.69, 9.17) is 0 Å². The number of hydrogen-bond donors (Lipinski definition) is 1. The van der Waals surface area contributed by atoms with Crippen LogP contribution >= 0.6 is 0 Å². The maximum Gasteiger partial charge on any atom is 0.255 e. The SMILES string of the molecule is O=C(Nc1ccc2c(c1)CCN(C1CCC1)CC2)c1ccc(-n2cncn2)cc1. The van der Waals surface area contributed by atoms with Gasteiger partial charge in [-0.2, -0.15) is 5.10 Å². The summed E-state index contributed by atoms with van der Waals surface area (Å²) in [5, 5.41) is 7.16. The zero-order valence-corrected chi connectivity index (χ0v) is 16.4. The average Bonchev–Trinajstić information content (AvgIpc) is 3.17. The van der Waals surface area contributed by atoms with Crippen LogP contribution in [0.2, 0.25) is 0 Å². The van der Waals surface area contributed by atoms with Crippen LogP contribution in [0.15, 0.2) is 55.1 Å². The molecule has 2 heterocycles. The Morgan fingerprint density at radius 3 is 2.48 bits per heavy atom. The minimum absolute atomic E-state index is 0.0974. The number of aromatic nitrogens is 3. The highest BCUT2D eigenvalue weighted by Gasteiger charge is 2.26. The Morgan fingerprint density at radius 2 is 1.79 bits per heavy atom. The van der Waals surface area contributed by atoms with Crippen molar-refractivity contribution in [1.29, 1.82) is 0 Å². The largest absolute Gasteiger partial charge is 0.322 e. The van der Waals surface area contributed by atoms with E-state index in [2.05, 4.69) is 32.4 Å². The van der Waals surface area contributed by atoms with E-state index in [1.54, 1.807) is 11.0 Å². The molecule has 1 amide bonds. The van der Waals surface area contributed by atoms with Gasteiger partial charge in [0.05, 0.1) is 5.69 Å². The lowest BCUT2D eigenvalue weighted by Crippen LogP contribution is -2.41. The summed E-state index contributed by atoms with van der Waals surface area (Å²) in [5.74, 6) is -0.0974. The summed E-state index contributed by atoms with van der Waals surface area (Å²) in [5.41, 5.74) is 5.15. The molecule has 3 aromatic rings. The third kappa shape index (κ3) is 3.80. The summed E-state index contributed by atoms with van der Waals surface area (Å²) in [6, 6.07) is 14.5. The van der Waals surface area contributed by atoms with Crippen LogP contribution in [-0.2, 0) is 12.8 Å². The highest BCUT2D eigenvalue weighted by molar-refractivity contribution is 6.04. The van der Waals surface area contributed by atoms with Crippen LogP contribution in [0.5, 0.6) is 0 Å². The van der Waals surface area contributed by atoms with Gasteiger partial charge in [0.25, 0.3) is 5.91 Å². The average molecular weight is 387 g/mol. The molecule has 1 aliphatic heterocycles. The van der Waals surface area contributed by atoms with E-state index < -0.39 is 0 Å². The number of anilines is 1. The fourth-order valence-electron chi connectivity index (χ4n) is 4.25. The number of carbonyl (C=O) groups is 1. The van der Waals surface area contributed by atoms with Gasteiger partial charge in [0.2, 0.25) is 0 Å². The Hall–Kier alpha value is -2.99. The third-order valence-electron chi connectivity index (χ3n) is 6.20. The summed E-state index contributed by atoms with van der Waals surface area (Å²) in [6.45, 7) is 2.28. The van der Waals surface area contributed by atoms with Gasteiger partial charge in [-0.3, -0.25) is 9.69 Å². The van der Waals surface area contributed by atoms with Crippen LogP contribution in [0.4, 0.5) is 5.69 Å². The summed E-state index contributed by atoms with van der Waals surface area (Å²) in [4.78, 5) is 19.3. The minimum atomic E-state index is -0.0974. The smallest absolute Gasteiger partial charge is 0.255 e. The molecule has 1 saturated carbocycles. The highest BCUT2D eigenvalue weighted by Crippen LogP contribution is 2.28. The molecule has 6 heteroatoms. The number of carbonyl (C=O) groups excluding carboxylic acids is 1. The molecule has 1 fully saturated rings. The minimum Gasteiger partial charge on any atom is -0.322 e. The second-order valence-electron chi connectivity index (χ2n) is 7.95. The number of hydrogen-bond acceptors (Lipinski definition) is 4. The Labute approximate surface area is 170 Å². The van der Waals surface area contributed by atoms with Gasteiger partial charge in [0, 0.05) is 30.4 Å². The quantitative estimate of drug-likeness (QED) is 0.745. The summed E-state index contributed by atoms with van der Waals surface area (Å²) < 4.78 is 1.67. The van der Waals surface area contributed by atoms with Crippen LogP contribution in [0.25, 0.3) is 5.69 Å². The fraction of sp³-hybridized carbons (Fsp3) is 0.348. The molecular weight excluding hydrogens is 362 g/mol. The molecule has 0 spiro atoms. The van der Waals surface area contributed by atoms with Crippen LogP contribution in [0.3, 0.4) is 0 Å². The monoisotopic (exact) mass is 387 g/mol. The van der Waals surface area contributed by atoms with Gasteiger partial charge in [0.15, 0.2) is 0 Å². The Morgan fingerprint density at radius 1 is 1.00 bits per heavy atom. The number of nitrogens with zero attached hydrogens (tertiary/aromatic N) is 4. The molecule has 0 radical (unpaired) electrons. The first kappa shape index (κ1) is 18.1. The van der Waals surface area contributed by atoms with Crippen molar-refractivity contribution < 1.29 is 4.79 Å². The molecule has 2 aromatic carbocycles. The number of fused-ring (bicyclic) bond motifs is 1. The zero-order valence-electron chi connectivity index (χ0n) is 16.4. The molecule has 2 aliphatic rings. The molecule has 0 unspecified atom stereocenters. The molecule has 6 nitrogen and oxygen atoms in total. The van der Waals surface area contributed by atoms with Crippen LogP contribution in [-0.4, -0.2) is 44.7 Å². The first-order chi connectivity index (χ1) is 14.3. The lowest BCUT2D eigenvalue weighted by molar-refractivity contribution is 0.102. The van der Waals surface area contributed by atoms with Crippen molar-refractivity contribution in [2.75, 3.05) is 18.4 Å². The zero-order chi connectivity index (χ0) is 19.6. The second-order valence-corrected chi connectivity index (χ2v) is 7.95. The van der Waals surface area contributed by atoms with Gasteiger partial charge in [-0.1, -0.05) is 12.5 Å². The van der Waals surface area contributed by atoms with Crippen molar-refractivity contribution in [3.8, 4) is 5.69 Å². The van der Waals surface area contributed by atoms with Crippen molar-refractivity contribution in [2.24, 2.45) is 0 Å². The highest BCUT2D eigenvalue weighted by atomic mass is 16.1. The summed E-state index contributed by atoms with van der Waals surface area (Å²) in [7, 11) is 0. The number of rotatable bonds is 4. The molecule has 0 bridgehead atoms. The van der Waals surface area contributed by atoms with Crippen molar-refractivity contribution in [3.05, 3.63) is 71.8 Å². The van der Waals surface area contributed by atoms with Gasteiger partial charge in [-0.15, -0.1) is 0 Å². The molecule has 0 atom stereocenters. The van der Waals surface area contributed by atoms with Crippen LogP contribution in [0.1, 0.15) is 40.7 Å². The molecule has 1 aromatic heterocycles. The first-order valence-corrected chi connectivity index (χ1v) is 10.4. The fourth-order valence-corrected chi connectivity index (χ4v) is 4.25. The maximum atomic E-state index is 12.7. The van der Waals surface area contributed by atoms with Gasteiger partial charge >= 0.3 is 0 Å². The van der Waals surface area contributed by atoms with Crippen molar-refractivity contribution in [3.63, 3.8) is 0 Å². The van der Waals surface area contributed by atoms with Gasteiger partial charge in [-0.25, -0.2) is 9.67 Å². The topological polar surface area (TPSA) is 63.1 Å². The molecular formula is C23H25N5O. The van der Waals surface area contributed by atoms with Gasteiger partial charge in [-0.05, 0) is 73.2 Å². The van der Waals surface area contributed by atoms with E-state index in [1.165, 1.54) is 36.7 Å². The van der Waals surface area contributed by atoms with Crippen LogP contribution in [0, 0.1) is 0 Å². The Balaban J connectivity index is 1.26. The van der Waals surface area contributed by atoms with E-state index in [-0.39, 0.29) is 5.91 Å². The third-order valence-corrected chi connectivity index (χ3v) is 6.20. The maximum absolute atomic E-state index is 12.7. The molecule has 1 aliphatic carbocycles. The predicted molar refractivity (Wildman–Crippen MR) is 112 cm³/mol. The summed E-state index contributed by atoms with van der Waals surface area (Å²) in [6.07, 6.45) is 9.37. The van der Waals surface area contributed by atoms with E-state index in [0.717, 1.165) is 43.3 Å². The van der Waals surface area contributed by atoms with Crippen LogP contribution < -0.4 is 5.32 Å². The van der Waals surface area contributed by atoms with Crippen molar-refractivity contribution in [1.82, 2.24) is 19.7 Å². The lowest BCUT2D eigenvalue weighted by atomic mass is 9.91. The number of nitrogens with one attached hydrogen (secondary N) is 1. The number of amides is 1. The van der Waals surface area contributed by atoms with Crippen molar-refractivity contribution >= 4 is 11.6 Å². The predicted octanol–water partition coefficient (Wildman–Crippen LogP) is 3.47. The van der Waals surface area contributed by atoms with Gasteiger partial charge < -0.3 is 5.32 Å². The van der Waals surface area contributed by atoms with E-state index in [0.29, 0.717) is 5.56 Å². The Bertz CT molecular complexity index is 993. The lowest BCUT2D eigenvalue weighted by Gasteiger charge is -2.36. The molecule has 0 saturated heterocycles. The molecule has 29 heavy (non-hydrogen) atoms. The summed E-state index contributed by atoms with van der Waals surface area (Å²) >= 11 is 0. The normalized spacial score (nSPS) is 17.2. The van der Waals surface area contributed by atoms with Gasteiger partial charge in [0.1, 0.15) is 12.7 Å². The van der Waals surface area contributed by atoms with E-state index in [9.17, 15) is 4.79 Å². The Kier molecular flexibility index (Phi) is 4.86. The molecule has 5 rings (SSSR count). The van der Waals surface area contributed by atoms with E-state index in [1.807, 2.05) is 30.3 Å².